The molecule has 1 aromatic carbocycles. The maximum absolute atomic E-state index is 13.6. The number of hydrogen-bond donors (Lipinski definition) is 0. The van der Waals surface area contributed by atoms with Gasteiger partial charge < -0.3 is 0 Å². The summed E-state index contributed by atoms with van der Waals surface area (Å²) < 4.78 is 13.6. The Morgan fingerprint density at radius 2 is 1.86 bits per heavy atom. The highest BCUT2D eigenvalue weighted by atomic mass is 28.3. The fourth-order valence-corrected chi connectivity index (χ4v) is 2.85. The molecule has 0 amide bonds. The van der Waals surface area contributed by atoms with Crippen molar-refractivity contribution in [3.8, 4) is 0 Å². The van der Waals surface area contributed by atoms with Crippen LogP contribution < -0.4 is 15.6 Å². The van der Waals surface area contributed by atoms with E-state index in [1.807, 2.05) is 19.1 Å². The molecule has 0 unspecified atom stereocenters. The molecule has 0 aromatic heterocycles. The van der Waals surface area contributed by atoms with Gasteiger partial charge in [0.05, 0.1) is 8.07 Å². The second-order valence-corrected chi connectivity index (χ2v) is 9.61. The van der Waals surface area contributed by atoms with Crippen molar-refractivity contribution in [3.63, 3.8) is 0 Å². The summed E-state index contributed by atoms with van der Waals surface area (Å²) in [6, 6.07) is 3.49. The molecule has 0 heterocycles. The van der Waals surface area contributed by atoms with Gasteiger partial charge in [-0.15, -0.1) is 0 Å². The molecule has 0 radical (unpaired) electrons. The van der Waals surface area contributed by atoms with Crippen LogP contribution in [0.25, 0.3) is 12.7 Å². The highest BCUT2D eigenvalue weighted by Crippen LogP contribution is 2.02. The first-order chi connectivity index (χ1) is 6.36. The monoisotopic (exact) mass is 208 g/mol. The molecule has 14 heavy (non-hydrogen) atoms. The van der Waals surface area contributed by atoms with E-state index in [2.05, 4.69) is 26.2 Å². The minimum Gasteiger partial charge on any atom is -0.207 e. The summed E-state index contributed by atoms with van der Waals surface area (Å²) in [5.74, 6) is -0.0974. The Labute approximate surface area is 85.8 Å². The topological polar surface area (TPSA) is 0 Å². The van der Waals surface area contributed by atoms with Gasteiger partial charge in [0, 0.05) is 0 Å². The van der Waals surface area contributed by atoms with Gasteiger partial charge in [-0.1, -0.05) is 38.4 Å². The van der Waals surface area contributed by atoms with Crippen molar-refractivity contribution in [2.24, 2.45) is 0 Å². The Balaban J connectivity index is 3.56. The fraction of sp³-hybridized carbons (Fsp3) is 0.333. The van der Waals surface area contributed by atoms with Crippen LogP contribution in [0.5, 0.6) is 0 Å². The number of hydrogen-bond acceptors (Lipinski definition) is 0. The molecule has 0 fully saturated rings. The summed E-state index contributed by atoms with van der Waals surface area (Å²) in [4.78, 5) is 0. The number of benzene rings is 1. The Morgan fingerprint density at radius 3 is 2.29 bits per heavy atom. The summed E-state index contributed by atoms with van der Waals surface area (Å²) in [6.07, 6.45) is 1.98. The van der Waals surface area contributed by atoms with Gasteiger partial charge in [0.1, 0.15) is 5.82 Å². The molecule has 0 aliphatic rings. The van der Waals surface area contributed by atoms with Crippen LogP contribution in [0.4, 0.5) is 4.39 Å². The van der Waals surface area contributed by atoms with Crippen LogP contribution in [0.2, 0.25) is 19.6 Å². The average Bonchev–Trinajstić information content (AvgIpc) is 2.02. The first-order valence-corrected chi connectivity index (χ1v) is 8.31. The Bertz CT molecular complexity index is 441. The van der Waals surface area contributed by atoms with Crippen molar-refractivity contribution in [2.45, 2.75) is 26.6 Å². The second-order valence-electron chi connectivity index (χ2n) is 4.57. The van der Waals surface area contributed by atoms with Gasteiger partial charge in [0.25, 0.3) is 0 Å². The molecule has 0 aliphatic heterocycles. The quantitative estimate of drug-likeness (QED) is 0.615. The summed E-state index contributed by atoms with van der Waals surface area (Å²) in [7, 11) is -1.57. The van der Waals surface area contributed by atoms with Gasteiger partial charge in [-0.3, -0.25) is 0 Å². The first kappa shape index (κ1) is 11.2. The highest BCUT2D eigenvalue weighted by molar-refractivity contribution is 6.88. The zero-order valence-corrected chi connectivity index (χ0v) is 10.3. The lowest BCUT2D eigenvalue weighted by molar-refractivity contribution is 0.633. The van der Waals surface area contributed by atoms with Crippen LogP contribution in [0, 0.1) is 5.82 Å². The summed E-state index contributed by atoms with van der Waals surface area (Å²) in [5, 5.41) is 2.70. The maximum atomic E-state index is 13.6. The van der Waals surface area contributed by atoms with E-state index >= 15 is 0 Å². The minimum atomic E-state index is -1.57. The summed E-state index contributed by atoms with van der Waals surface area (Å²) >= 11 is 0. The van der Waals surface area contributed by atoms with Gasteiger partial charge in [0.15, 0.2) is 0 Å². The van der Waals surface area contributed by atoms with Crippen LogP contribution in [0.15, 0.2) is 12.1 Å². The van der Waals surface area contributed by atoms with Crippen LogP contribution >= 0.6 is 0 Å². The van der Waals surface area contributed by atoms with Crippen LogP contribution in [-0.2, 0) is 0 Å². The maximum Gasteiger partial charge on any atom is 0.123 e. The van der Waals surface area contributed by atoms with Gasteiger partial charge in [-0.05, 0) is 28.6 Å². The fourth-order valence-electron chi connectivity index (χ4n) is 1.47. The molecule has 76 valence electrons. The lowest BCUT2D eigenvalue weighted by Gasteiger charge is -2.17. The standard InChI is InChI=1S/C12H17FSi/c1-6-10-8-12(14(3,4)5)11(13)7-9(10)2/h6-8H,2H2,1,3-5H3/b10-6-. The van der Waals surface area contributed by atoms with Crippen molar-refractivity contribution in [1.82, 2.24) is 0 Å². The van der Waals surface area contributed by atoms with Gasteiger partial charge >= 0.3 is 0 Å². The van der Waals surface area contributed by atoms with Gasteiger partial charge in [0.2, 0.25) is 0 Å². The predicted octanol–water partition coefficient (Wildman–Crippen LogP) is 1.58. The molecule has 0 spiro atoms. The molecular formula is C12H17FSi. The molecule has 0 nitrogen and oxygen atoms in total. The third-order valence-electron chi connectivity index (χ3n) is 2.35. The largest absolute Gasteiger partial charge is 0.207 e. The number of rotatable bonds is 1. The van der Waals surface area contributed by atoms with Crippen molar-refractivity contribution in [2.75, 3.05) is 0 Å². The van der Waals surface area contributed by atoms with Gasteiger partial charge in [-0.2, -0.15) is 0 Å². The van der Waals surface area contributed by atoms with E-state index < -0.39 is 8.07 Å². The normalized spacial score (nSPS) is 13.4. The minimum absolute atomic E-state index is 0.0974. The van der Waals surface area contributed by atoms with Crippen molar-refractivity contribution < 1.29 is 4.39 Å². The lowest BCUT2D eigenvalue weighted by atomic mass is 10.2. The SMILES string of the molecule is C=c1cc(F)c([Si](C)(C)C)c/c1=C/C. The van der Waals surface area contributed by atoms with E-state index in [-0.39, 0.29) is 5.82 Å². The summed E-state index contributed by atoms with van der Waals surface area (Å²) in [5.41, 5.74) is 0. The number of halogens is 1. The molecule has 0 bridgehead atoms. The van der Waals surface area contributed by atoms with E-state index in [1.165, 1.54) is 0 Å². The lowest BCUT2D eigenvalue weighted by Crippen LogP contribution is -2.44. The first-order valence-electron chi connectivity index (χ1n) is 4.81. The van der Waals surface area contributed by atoms with Crippen LogP contribution in [0.3, 0.4) is 0 Å². The van der Waals surface area contributed by atoms with Crippen LogP contribution in [0.1, 0.15) is 6.92 Å². The third kappa shape index (κ3) is 2.12. The van der Waals surface area contributed by atoms with E-state index in [0.717, 1.165) is 15.6 Å². The zero-order valence-electron chi connectivity index (χ0n) is 9.32. The Hall–Kier alpha value is -0.893. The molecule has 0 saturated heterocycles. The molecule has 2 heteroatoms. The second kappa shape index (κ2) is 3.69. The smallest absolute Gasteiger partial charge is 0.123 e. The van der Waals surface area contributed by atoms with E-state index in [0.29, 0.717) is 0 Å². The zero-order chi connectivity index (χ0) is 10.9. The van der Waals surface area contributed by atoms with Crippen molar-refractivity contribution >= 4 is 25.9 Å². The molecular weight excluding hydrogens is 191 g/mol. The Morgan fingerprint density at radius 1 is 1.29 bits per heavy atom. The van der Waals surface area contributed by atoms with Crippen molar-refractivity contribution in [3.05, 3.63) is 28.4 Å². The van der Waals surface area contributed by atoms with E-state index in [1.54, 1.807) is 6.07 Å². The third-order valence-corrected chi connectivity index (χ3v) is 4.35. The molecule has 0 aliphatic carbocycles. The molecule has 1 rings (SSSR count). The van der Waals surface area contributed by atoms with Crippen molar-refractivity contribution in [1.29, 1.82) is 0 Å². The highest BCUT2D eigenvalue weighted by Gasteiger charge is 2.20. The molecule has 0 saturated carbocycles. The summed E-state index contributed by atoms with van der Waals surface area (Å²) in [6.45, 7) is 12.2. The molecule has 1 aromatic rings. The van der Waals surface area contributed by atoms with E-state index in [9.17, 15) is 4.39 Å². The van der Waals surface area contributed by atoms with Crippen LogP contribution in [-0.4, -0.2) is 8.07 Å². The Kier molecular flexibility index (Phi) is 2.95. The van der Waals surface area contributed by atoms with E-state index in [4.69, 9.17) is 0 Å². The average molecular weight is 208 g/mol. The molecule has 0 atom stereocenters. The van der Waals surface area contributed by atoms with Gasteiger partial charge in [-0.25, -0.2) is 4.39 Å². The predicted molar refractivity (Wildman–Crippen MR) is 64.3 cm³/mol. The molecule has 0 N–H and O–H groups in total.